The van der Waals surface area contributed by atoms with Gasteiger partial charge in [0.2, 0.25) is 0 Å². The molecule has 0 nitrogen and oxygen atoms in total. The Balaban J connectivity index is 2.29. The SMILES string of the molecule is [GaH2][c]1cccc2ccc3cc4ccccc4cc3c12. The van der Waals surface area contributed by atoms with E-state index in [-0.39, 0.29) is 0 Å². The molecule has 0 heterocycles. The summed E-state index contributed by atoms with van der Waals surface area (Å²) in [5, 5.41) is 8.24. The van der Waals surface area contributed by atoms with Crippen molar-refractivity contribution in [2.24, 2.45) is 0 Å². The van der Waals surface area contributed by atoms with Crippen LogP contribution >= 0.6 is 0 Å². The van der Waals surface area contributed by atoms with Gasteiger partial charge in [-0.1, -0.05) is 0 Å². The Kier molecular flexibility index (Phi) is 2.44. The van der Waals surface area contributed by atoms with E-state index in [0.29, 0.717) is 18.6 Å². The fourth-order valence-electron chi connectivity index (χ4n) is 2.99. The molecule has 88 valence electrons. The predicted molar refractivity (Wildman–Crippen MR) is 87.1 cm³/mol. The molecule has 4 aromatic carbocycles. The van der Waals surface area contributed by atoms with Crippen LogP contribution in [0.15, 0.2) is 66.7 Å². The van der Waals surface area contributed by atoms with E-state index in [9.17, 15) is 0 Å². The normalized spacial score (nSPS) is 11.4. The Bertz CT molecular complexity index is 922. The van der Waals surface area contributed by atoms with Gasteiger partial charge in [0, 0.05) is 0 Å². The van der Waals surface area contributed by atoms with Gasteiger partial charge in [-0.15, -0.1) is 0 Å². The number of hydrogen-bond donors (Lipinski definition) is 0. The molecule has 4 aromatic rings. The van der Waals surface area contributed by atoms with Crippen LogP contribution in [0.4, 0.5) is 0 Å². The van der Waals surface area contributed by atoms with Crippen LogP contribution in [0.3, 0.4) is 0 Å². The summed E-state index contributed by atoms with van der Waals surface area (Å²) in [7, 11) is 0. The van der Waals surface area contributed by atoms with Crippen molar-refractivity contribution in [1.82, 2.24) is 0 Å². The van der Waals surface area contributed by atoms with Crippen LogP contribution < -0.4 is 4.12 Å². The number of rotatable bonds is 0. The van der Waals surface area contributed by atoms with Crippen molar-refractivity contribution in [3.63, 3.8) is 0 Å². The van der Waals surface area contributed by atoms with Crippen LogP contribution in [0.25, 0.3) is 32.3 Å². The standard InChI is InChI=1S/C18H11.Ga.2H/c1-2-7-15-12-18-16(11-14(15)6-1)10-9-13-5-3-4-8-17(13)18;;;/h1-7,9-12H;;;. The summed E-state index contributed by atoms with van der Waals surface area (Å²) in [5.41, 5.74) is 0. The van der Waals surface area contributed by atoms with Gasteiger partial charge in [0.15, 0.2) is 0 Å². The van der Waals surface area contributed by atoms with Crippen molar-refractivity contribution in [2.45, 2.75) is 0 Å². The van der Waals surface area contributed by atoms with Crippen LogP contribution in [-0.2, 0) is 0 Å². The molecule has 1 heteroatoms. The van der Waals surface area contributed by atoms with Gasteiger partial charge in [0.1, 0.15) is 0 Å². The molecule has 0 aliphatic carbocycles. The van der Waals surface area contributed by atoms with Gasteiger partial charge in [0.05, 0.1) is 0 Å². The fourth-order valence-corrected chi connectivity index (χ4v) is 4.56. The summed E-state index contributed by atoms with van der Waals surface area (Å²) in [6.07, 6.45) is 0. The second-order valence-corrected chi connectivity index (χ2v) is 7.42. The van der Waals surface area contributed by atoms with Crippen LogP contribution in [0, 0.1) is 0 Å². The van der Waals surface area contributed by atoms with Crippen molar-refractivity contribution in [2.75, 3.05) is 0 Å². The monoisotopic (exact) mass is 298 g/mol. The summed E-state index contributed by atoms with van der Waals surface area (Å²) in [5.74, 6) is 0. The minimum atomic E-state index is 0.701. The molecule has 0 spiro atoms. The van der Waals surface area contributed by atoms with E-state index < -0.39 is 0 Å². The van der Waals surface area contributed by atoms with Crippen molar-refractivity contribution < 1.29 is 0 Å². The Labute approximate surface area is 122 Å². The molecule has 0 saturated heterocycles. The fraction of sp³-hybridized carbons (Fsp3) is 0. The van der Waals surface area contributed by atoms with Crippen LogP contribution in [0.1, 0.15) is 0 Å². The first-order chi connectivity index (χ1) is 9.33. The molecule has 0 bridgehead atoms. The third kappa shape index (κ3) is 1.70. The number of fused-ring (bicyclic) bond motifs is 4. The molecule has 0 fully saturated rings. The maximum atomic E-state index is 2.35. The molecule has 0 atom stereocenters. The molecule has 0 radical (unpaired) electrons. The van der Waals surface area contributed by atoms with Gasteiger partial charge >= 0.3 is 122 Å². The Morgan fingerprint density at radius 1 is 0.579 bits per heavy atom. The molecular weight excluding hydrogens is 286 g/mol. The maximum absolute atomic E-state index is 2.35. The molecule has 0 aliphatic heterocycles. The molecule has 0 amide bonds. The molecular formula is C18H13Ga. The molecule has 0 unspecified atom stereocenters. The van der Waals surface area contributed by atoms with E-state index in [1.54, 1.807) is 0 Å². The Morgan fingerprint density at radius 2 is 1.26 bits per heavy atom. The van der Waals surface area contributed by atoms with E-state index in [1.165, 1.54) is 36.4 Å². The van der Waals surface area contributed by atoms with Crippen molar-refractivity contribution >= 4 is 55.0 Å². The molecule has 19 heavy (non-hydrogen) atoms. The third-order valence-corrected chi connectivity index (χ3v) is 5.68. The molecule has 0 saturated carbocycles. The number of benzene rings is 4. The van der Waals surface area contributed by atoms with Gasteiger partial charge in [-0.3, -0.25) is 0 Å². The van der Waals surface area contributed by atoms with Crippen LogP contribution in [0.2, 0.25) is 0 Å². The zero-order valence-electron chi connectivity index (χ0n) is 10.9. The molecule has 4 rings (SSSR count). The first-order valence-electron chi connectivity index (χ1n) is 6.64. The van der Waals surface area contributed by atoms with E-state index in [2.05, 4.69) is 66.7 Å². The number of hydrogen-bond acceptors (Lipinski definition) is 0. The predicted octanol–water partition coefficient (Wildman–Crippen LogP) is 3.40. The van der Waals surface area contributed by atoms with Crippen molar-refractivity contribution in [1.29, 1.82) is 0 Å². The third-order valence-electron chi connectivity index (χ3n) is 3.93. The van der Waals surface area contributed by atoms with E-state index >= 15 is 0 Å². The van der Waals surface area contributed by atoms with Gasteiger partial charge in [-0.25, -0.2) is 0 Å². The molecule has 0 aliphatic rings. The first kappa shape index (κ1) is 11.2. The van der Waals surface area contributed by atoms with E-state index in [0.717, 1.165) is 0 Å². The summed E-state index contributed by atoms with van der Waals surface area (Å²) < 4.78 is 1.53. The summed E-state index contributed by atoms with van der Waals surface area (Å²) in [6, 6.07) is 24.4. The quantitative estimate of drug-likeness (QED) is 0.265. The zero-order valence-corrected chi connectivity index (χ0v) is 15.0. The van der Waals surface area contributed by atoms with E-state index in [4.69, 9.17) is 0 Å². The molecule has 0 aromatic heterocycles. The zero-order chi connectivity index (χ0) is 12.8. The summed E-state index contributed by atoms with van der Waals surface area (Å²) in [4.78, 5) is 0. The molecule has 0 N–H and O–H groups in total. The van der Waals surface area contributed by atoms with Crippen molar-refractivity contribution in [3.05, 3.63) is 66.7 Å². The Morgan fingerprint density at radius 3 is 2.11 bits per heavy atom. The summed E-state index contributed by atoms with van der Waals surface area (Å²) >= 11 is 0.701. The second-order valence-electron chi connectivity index (χ2n) is 5.16. The van der Waals surface area contributed by atoms with E-state index in [1.807, 2.05) is 0 Å². The van der Waals surface area contributed by atoms with Crippen molar-refractivity contribution in [3.8, 4) is 0 Å². The minimum absolute atomic E-state index is 0.701. The van der Waals surface area contributed by atoms with Crippen LogP contribution in [0.5, 0.6) is 0 Å². The average Bonchev–Trinajstić information content (AvgIpc) is 2.45. The topological polar surface area (TPSA) is 0 Å². The Hall–Kier alpha value is -1.70. The van der Waals surface area contributed by atoms with Gasteiger partial charge in [-0.2, -0.15) is 0 Å². The average molecular weight is 299 g/mol. The van der Waals surface area contributed by atoms with Gasteiger partial charge in [0.25, 0.3) is 0 Å². The van der Waals surface area contributed by atoms with Crippen LogP contribution in [-0.4, -0.2) is 18.6 Å². The van der Waals surface area contributed by atoms with Gasteiger partial charge in [-0.05, 0) is 0 Å². The first-order valence-corrected chi connectivity index (χ1v) is 8.73. The summed E-state index contributed by atoms with van der Waals surface area (Å²) in [6.45, 7) is 0. The van der Waals surface area contributed by atoms with Gasteiger partial charge < -0.3 is 0 Å². The second kappa shape index (κ2) is 4.15.